The molecule has 0 aliphatic carbocycles. The van der Waals surface area contributed by atoms with Crippen LogP contribution in [-0.4, -0.2) is 11.6 Å². The van der Waals surface area contributed by atoms with Gasteiger partial charge in [0.15, 0.2) is 0 Å². The molecule has 0 heterocycles. The molecule has 0 saturated heterocycles. The first-order valence-corrected chi connectivity index (χ1v) is 5.35. The molecule has 0 unspecified atom stereocenters. The summed E-state index contributed by atoms with van der Waals surface area (Å²) in [5.74, 6) is 0. The van der Waals surface area contributed by atoms with E-state index < -0.39 is 6.09 Å². The number of amides is 1. The van der Waals surface area contributed by atoms with Gasteiger partial charge in [0.25, 0.3) is 0 Å². The number of nitrogens with zero attached hydrogens (tertiary/aromatic N) is 1. The molecule has 1 rings (SSSR count). The molecule has 17 heavy (non-hydrogen) atoms. The fraction of sp³-hybridized carbons (Fsp3) is 0.385. The molecule has 0 aromatic heterocycles. The Balaban J connectivity index is 2.57. The predicted molar refractivity (Wildman–Crippen MR) is 64.2 cm³/mol. The van der Waals surface area contributed by atoms with E-state index >= 15 is 0 Å². The van der Waals surface area contributed by atoms with E-state index in [0.29, 0.717) is 11.1 Å². The van der Waals surface area contributed by atoms with Crippen LogP contribution in [0.1, 0.15) is 31.9 Å². The smallest absolute Gasteiger partial charge is 0.407 e. The number of ether oxygens (including phenoxy) is 1. The van der Waals surface area contributed by atoms with Gasteiger partial charge in [0.2, 0.25) is 0 Å². The minimum absolute atomic E-state index is 0.103. The predicted octanol–water partition coefficient (Wildman–Crippen LogP) is 2.58. The van der Waals surface area contributed by atoms with Gasteiger partial charge in [-0.25, -0.2) is 4.79 Å². The molecule has 0 radical (unpaired) electrons. The Kier molecular flexibility index (Phi) is 4.11. The Labute approximate surface area is 101 Å². The molecule has 0 aliphatic rings. The van der Waals surface area contributed by atoms with E-state index in [0.717, 1.165) is 0 Å². The molecule has 1 aromatic carbocycles. The van der Waals surface area contributed by atoms with E-state index in [1.807, 2.05) is 20.8 Å². The summed E-state index contributed by atoms with van der Waals surface area (Å²) in [5, 5.41) is 11.5. The van der Waals surface area contributed by atoms with Crippen LogP contribution in [-0.2, 0) is 11.3 Å². The highest BCUT2D eigenvalue weighted by molar-refractivity contribution is 5.68. The summed E-state index contributed by atoms with van der Waals surface area (Å²) in [6.07, 6.45) is -0.481. The Hall–Kier alpha value is -2.02. The van der Waals surface area contributed by atoms with Crippen molar-refractivity contribution in [3.8, 4) is 6.07 Å². The number of alkyl carbamates (subject to hydrolysis) is 1. The normalized spacial score (nSPS) is 10.5. The Morgan fingerprint density at radius 2 is 2.06 bits per heavy atom. The van der Waals surface area contributed by atoms with Crippen molar-refractivity contribution in [2.45, 2.75) is 32.9 Å². The van der Waals surface area contributed by atoms with Gasteiger partial charge in [-0.1, -0.05) is 18.2 Å². The lowest BCUT2D eigenvalue weighted by Crippen LogP contribution is -2.40. The number of carbonyl (C=O) groups excluding carboxylic acids is 1. The third-order valence-electron chi connectivity index (χ3n) is 1.97. The molecule has 1 aromatic rings. The van der Waals surface area contributed by atoms with Gasteiger partial charge >= 0.3 is 6.09 Å². The van der Waals surface area contributed by atoms with E-state index in [2.05, 4.69) is 11.4 Å². The van der Waals surface area contributed by atoms with Crippen molar-refractivity contribution in [2.75, 3.05) is 0 Å². The summed E-state index contributed by atoms with van der Waals surface area (Å²) in [5.41, 5.74) is 0.904. The number of hydrogen-bond acceptors (Lipinski definition) is 3. The highest BCUT2D eigenvalue weighted by Crippen LogP contribution is 2.09. The molecule has 0 spiro atoms. The minimum Gasteiger partial charge on any atom is -0.445 e. The van der Waals surface area contributed by atoms with Gasteiger partial charge in [-0.15, -0.1) is 0 Å². The zero-order valence-corrected chi connectivity index (χ0v) is 10.3. The van der Waals surface area contributed by atoms with Crippen LogP contribution >= 0.6 is 0 Å². The lowest BCUT2D eigenvalue weighted by atomic mass is 10.1. The van der Waals surface area contributed by atoms with Crippen LogP contribution in [0, 0.1) is 11.3 Å². The lowest BCUT2D eigenvalue weighted by Gasteiger charge is -2.20. The summed E-state index contributed by atoms with van der Waals surface area (Å²) in [6.45, 7) is 5.72. The van der Waals surface area contributed by atoms with Gasteiger partial charge in [0, 0.05) is 11.1 Å². The first-order chi connectivity index (χ1) is 7.92. The number of nitrogens with one attached hydrogen (secondary N) is 1. The van der Waals surface area contributed by atoms with E-state index in [9.17, 15) is 4.79 Å². The van der Waals surface area contributed by atoms with Gasteiger partial charge < -0.3 is 10.1 Å². The van der Waals surface area contributed by atoms with E-state index in [-0.39, 0.29) is 12.1 Å². The fourth-order valence-electron chi connectivity index (χ4n) is 1.24. The average Bonchev–Trinajstić information content (AvgIpc) is 2.24. The number of nitriles is 1. The Morgan fingerprint density at radius 1 is 1.41 bits per heavy atom. The van der Waals surface area contributed by atoms with Crippen molar-refractivity contribution in [1.29, 1.82) is 5.26 Å². The fourth-order valence-corrected chi connectivity index (χ4v) is 1.24. The van der Waals surface area contributed by atoms with Crippen LogP contribution in [0.4, 0.5) is 4.79 Å². The zero-order valence-electron chi connectivity index (χ0n) is 10.3. The Morgan fingerprint density at radius 3 is 2.65 bits per heavy atom. The van der Waals surface area contributed by atoms with Crippen LogP contribution in [0.15, 0.2) is 24.3 Å². The average molecular weight is 232 g/mol. The molecule has 0 bridgehead atoms. The monoisotopic (exact) mass is 232 g/mol. The van der Waals surface area contributed by atoms with Crippen LogP contribution in [0.25, 0.3) is 0 Å². The molecule has 4 heteroatoms. The molecular weight excluding hydrogens is 216 g/mol. The zero-order chi connectivity index (χ0) is 12.9. The van der Waals surface area contributed by atoms with E-state index in [1.165, 1.54) is 0 Å². The third kappa shape index (κ3) is 4.56. The quantitative estimate of drug-likeness (QED) is 0.852. The topological polar surface area (TPSA) is 62.1 Å². The standard InChI is InChI=1S/C13H16N2O2/c1-13(2,3)15-12(16)17-9-11-7-5-4-6-10(11)8-14/h4-7H,9H2,1-3H3,(H,15,16). The van der Waals surface area contributed by atoms with Crippen molar-refractivity contribution < 1.29 is 9.53 Å². The number of hydrogen-bond donors (Lipinski definition) is 1. The molecule has 4 nitrogen and oxygen atoms in total. The van der Waals surface area contributed by atoms with Gasteiger partial charge in [-0.05, 0) is 26.8 Å². The number of benzene rings is 1. The molecule has 0 fully saturated rings. The van der Waals surface area contributed by atoms with Crippen LogP contribution in [0.2, 0.25) is 0 Å². The van der Waals surface area contributed by atoms with Gasteiger partial charge in [0.1, 0.15) is 6.61 Å². The minimum atomic E-state index is -0.481. The van der Waals surface area contributed by atoms with E-state index in [1.54, 1.807) is 24.3 Å². The highest BCUT2D eigenvalue weighted by atomic mass is 16.5. The molecule has 1 N–H and O–H groups in total. The van der Waals surface area contributed by atoms with Gasteiger partial charge in [-0.3, -0.25) is 0 Å². The molecule has 90 valence electrons. The largest absolute Gasteiger partial charge is 0.445 e. The maximum absolute atomic E-state index is 11.4. The van der Waals surface area contributed by atoms with Crippen molar-refractivity contribution in [1.82, 2.24) is 5.32 Å². The summed E-state index contributed by atoms with van der Waals surface area (Å²) in [7, 11) is 0. The molecule has 0 atom stereocenters. The summed E-state index contributed by atoms with van der Waals surface area (Å²) in [6, 6.07) is 9.10. The molecular formula is C13H16N2O2. The molecule has 0 saturated carbocycles. The third-order valence-corrected chi connectivity index (χ3v) is 1.97. The van der Waals surface area contributed by atoms with Gasteiger partial charge in [-0.2, -0.15) is 5.26 Å². The summed E-state index contributed by atoms with van der Waals surface area (Å²) < 4.78 is 5.05. The first kappa shape index (κ1) is 13.0. The van der Waals surface area contributed by atoms with E-state index in [4.69, 9.17) is 10.00 Å². The number of rotatable bonds is 2. The van der Waals surface area contributed by atoms with Crippen LogP contribution < -0.4 is 5.32 Å². The van der Waals surface area contributed by atoms with Crippen LogP contribution in [0.5, 0.6) is 0 Å². The molecule has 0 aliphatic heterocycles. The van der Waals surface area contributed by atoms with Crippen molar-refractivity contribution in [3.63, 3.8) is 0 Å². The number of carbonyl (C=O) groups is 1. The highest BCUT2D eigenvalue weighted by Gasteiger charge is 2.14. The van der Waals surface area contributed by atoms with Gasteiger partial charge in [0.05, 0.1) is 11.6 Å². The maximum atomic E-state index is 11.4. The summed E-state index contributed by atoms with van der Waals surface area (Å²) >= 11 is 0. The Bertz CT molecular complexity index is 441. The lowest BCUT2D eigenvalue weighted by molar-refractivity contribution is 0.131. The molecule has 1 amide bonds. The summed E-state index contributed by atoms with van der Waals surface area (Å²) in [4.78, 5) is 11.4. The van der Waals surface area contributed by atoms with Crippen molar-refractivity contribution in [3.05, 3.63) is 35.4 Å². The maximum Gasteiger partial charge on any atom is 0.407 e. The van der Waals surface area contributed by atoms with Crippen molar-refractivity contribution in [2.24, 2.45) is 0 Å². The second-order valence-electron chi connectivity index (χ2n) is 4.72. The SMILES string of the molecule is CC(C)(C)NC(=O)OCc1ccccc1C#N. The van der Waals surface area contributed by atoms with Crippen molar-refractivity contribution >= 4 is 6.09 Å². The second-order valence-corrected chi connectivity index (χ2v) is 4.72. The first-order valence-electron chi connectivity index (χ1n) is 5.35. The second kappa shape index (κ2) is 5.35. The van der Waals surface area contributed by atoms with Crippen LogP contribution in [0.3, 0.4) is 0 Å².